The molecule has 0 saturated carbocycles. The zero-order chi connectivity index (χ0) is 18.7. The van der Waals surface area contributed by atoms with Gasteiger partial charge in [0.15, 0.2) is 5.78 Å². The Morgan fingerprint density at radius 2 is 1.92 bits per heavy atom. The standard InChI is InChI=1S/C22H27N3O/c1-16(2)21-20(22(26)17-9-7-12-23-15-17)18-10-5-6-11-19(18)25(21)14-8-13-24(3)4/h5-7,9-12,15-16H,8,13-14H2,1-4H3. The third-order valence-electron chi connectivity index (χ3n) is 4.70. The minimum atomic E-state index is 0.0596. The van der Waals surface area contributed by atoms with Gasteiger partial charge in [-0.2, -0.15) is 0 Å². The summed E-state index contributed by atoms with van der Waals surface area (Å²) in [6.45, 7) is 6.26. The molecule has 0 amide bonds. The first kappa shape index (κ1) is 18.3. The van der Waals surface area contributed by atoms with Crippen molar-refractivity contribution in [3.05, 3.63) is 65.6 Å². The third kappa shape index (κ3) is 3.56. The van der Waals surface area contributed by atoms with Crippen LogP contribution < -0.4 is 0 Å². The van der Waals surface area contributed by atoms with Crippen LogP contribution in [0, 0.1) is 0 Å². The van der Waals surface area contributed by atoms with Crippen molar-refractivity contribution in [3.63, 3.8) is 0 Å². The van der Waals surface area contributed by atoms with E-state index < -0.39 is 0 Å². The van der Waals surface area contributed by atoms with E-state index in [0.717, 1.165) is 41.7 Å². The van der Waals surface area contributed by atoms with E-state index in [9.17, 15) is 4.79 Å². The molecule has 1 aromatic carbocycles. The van der Waals surface area contributed by atoms with Crippen molar-refractivity contribution >= 4 is 16.7 Å². The van der Waals surface area contributed by atoms with E-state index in [1.807, 2.05) is 24.3 Å². The summed E-state index contributed by atoms with van der Waals surface area (Å²) in [7, 11) is 4.18. The lowest BCUT2D eigenvalue weighted by Crippen LogP contribution is -2.16. The lowest BCUT2D eigenvalue weighted by molar-refractivity contribution is 0.103. The van der Waals surface area contributed by atoms with Crippen molar-refractivity contribution in [3.8, 4) is 0 Å². The molecule has 0 N–H and O–H groups in total. The molecule has 0 spiro atoms. The molecule has 136 valence electrons. The normalized spacial score (nSPS) is 11.6. The van der Waals surface area contributed by atoms with Crippen molar-refractivity contribution < 1.29 is 4.79 Å². The molecular formula is C22H27N3O. The van der Waals surface area contributed by atoms with Crippen molar-refractivity contribution in [1.29, 1.82) is 0 Å². The summed E-state index contributed by atoms with van der Waals surface area (Å²) >= 11 is 0. The first-order valence-corrected chi connectivity index (χ1v) is 9.21. The first-order valence-electron chi connectivity index (χ1n) is 9.21. The van der Waals surface area contributed by atoms with Crippen molar-refractivity contribution in [2.75, 3.05) is 20.6 Å². The SMILES string of the molecule is CC(C)c1c(C(=O)c2cccnc2)c2ccccc2n1CCCN(C)C. The zero-order valence-electron chi connectivity index (χ0n) is 16.1. The fourth-order valence-corrected chi connectivity index (χ4v) is 3.59. The van der Waals surface area contributed by atoms with Crippen LogP contribution in [0.15, 0.2) is 48.8 Å². The van der Waals surface area contributed by atoms with Crippen molar-refractivity contribution in [1.82, 2.24) is 14.5 Å². The Kier molecular flexibility index (Phi) is 5.52. The third-order valence-corrected chi connectivity index (χ3v) is 4.70. The molecule has 0 radical (unpaired) electrons. The fraction of sp³-hybridized carbons (Fsp3) is 0.364. The monoisotopic (exact) mass is 349 g/mol. The molecule has 0 saturated heterocycles. The van der Waals surface area contributed by atoms with Crippen LogP contribution >= 0.6 is 0 Å². The fourth-order valence-electron chi connectivity index (χ4n) is 3.59. The van der Waals surface area contributed by atoms with Crippen LogP contribution in [0.1, 0.15) is 47.8 Å². The molecule has 0 atom stereocenters. The average Bonchev–Trinajstić information content (AvgIpc) is 2.96. The van der Waals surface area contributed by atoms with Gasteiger partial charge in [0, 0.05) is 41.1 Å². The van der Waals surface area contributed by atoms with Crippen LogP contribution in [-0.4, -0.2) is 40.9 Å². The molecule has 0 aliphatic rings. The molecule has 4 heteroatoms. The van der Waals surface area contributed by atoms with Crippen molar-refractivity contribution in [2.45, 2.75) is 32.7 Å². The topological polar surface area (TPSA) is 38.1 Å². The highest BCUT2D eigenvalue weighted by molar-refractivity contribution is 6.17. The predicted octanol–water partition coefficient (Wildman–Crippen LogP) is 4.34. The molecule has 26 heavy (non-hydrogen) atoms. The number of para-hydroxylation sites is 1. The number of hydrogen-bond donors (Lipinski definition) is 0. The zero-order valence-corrected chi connectivity index (χ0v) is 16.1. The first-order chi connectivity index (χ1) is 12.5. The van der Waals surface area contributed by atoms with Gasteiger partial charge in [-0.25, -0.2) is 0 Å². The van der Waals surface area contributed by atoms with Crippen molar-refractivity contribution in [2.24, 2.45) is 0 Å². The maximum Gasteiger partial charge on any atom is 0.197 e. The number of aryl methyl sites for hydroxylation is 1. The van der Waals surface area contributed by atoms with Gasteiger partial charge in [-0.1, -0.05) is 32.0 Å². The molecule has 4 nitrogen and oxygen atoms in total. The Bertz CT molecular complexity index is 894. The van der Waals surface area contributed by atoms with E-state index in [1.54, 1.807) is 12.4 Å². The van der Waals surface area contributed by atoms with Crippen LogP contribution in [-0.2, 0) is 6.54 Å². The number of hydrogen-bond acceptors (Lipinski definition) is 3. The quantitative estimate of drug-likeness (QED) is 0.596. The molecule has 2 heterocycles. The number of benzene rings is 1. The molecule has 0 unspecified atom stereocenters. The number of pyridine rings is 1. The van der Waals surface area contributed by atoms with Gasteiger partial charge in [0.2, 0.25) is 0 Å². The Labute approximate surface area is 155 Å². The molecule has 2 aromatic heterocycles. The maximum absolute atomic E-state index is 13.3. The number of carbonyl (C=O) groups excluding carboxylic acids is 1. The summed E-state index contributed by atoms with van der Waals surface area (Å²) in [5.41, 5.74) is 3.74. The smallest absolute Gasteiger partial charge is 0.197 e. The van der Waals surface area contributed by atoms with Crippen LogP contribution in [0.5, 0.6) is 0 Å². The van der Waals surface area contributed by atoms with E-state index in [2.05, 4.69) is 54.5 Å². The highest BCUT2D eigenvalue weighted by Crippen LogP contribution is 2.33. The predicted molar refractivity (Wildman–Crippen MR) is 107 cm³/mol. The van der Waals surface area contributed by atoms with E-state index in [4.69, 9.17) is 0 Å². The summed E-state index contributed by atoms with van der Waals surface area (Å²) in [6, 6.07) is 11.9. The van der Waals surface area contributed by atoms with Gasteiger partial charge in [0.1, 0.15) is 0 Å². The number of carbonyl (C=O) groups is 1. The number of rotatable bonds is 7. The van der Waals surface area contributed by atoms with Crippen LogP contribution in [0.25, 0.3) is 10.9 Å². The lowest BCUT2D eigenvalue weighted by atomic mass is 9.96. The highest BCUT2D eigenvalue weighted by atomic mass is 16.1. The van der Waals surface area contributed by atoms with Gasteiger partial charge >= 0.3 is 0 Å². The van der Waals surface area contributed by atoms with E-state index in [1.165, 1.54) is 0 Å². The molecule has 3 aromatic rings. The van der Waals surface area contributed by atoms with Gasteiger partial charge in [-0.3, -0.25) is 9.78 Å². The van der Waals surface area contributed by atoms with E-state index >= 15 is 0 Å². The molecule has 0 aliphatic carbocycles. The van der Waals surface area contributed by atoms with E-state index in [-0.39, 0.29) is 11.7 Å². The van der Waals surface area contributed by atoms with E-state index in [0.29, 0.717) is 5.56 Å². The largest absolute Gasteiger partial charge is 0.344 e. The molecule has 0 bridgehead atoms. The molecule has 0 fully saturated rings. The van der Waals surface area contributed by atoms with Gasteiger partial charge in [0.25, 0.3) is 0 Å². The summed E-state index contributed by atoms with van der Waals surface area (Å²) in [5.74, 6) is 0.321. The average molecular weight is 349 g/mol. The summed E-state index contributed by atoms with van der Waals surface area (Å²) in [4.78, 5) is 19.6. The second-order valence-electron chi connectivity index (χ2n) is 7.31. The Hall–Kier alpha value is -2.46. The highest BCUT2D eigenvalue weighted by Gasteiger charge is 2.24. The van der Waals surface area contributed by atoms with Gasteiger partial charge in [0.05, 0.1) is 5.56 Å². The van der Waals surface area contributed by atoms with Crippen LogP contribution in [0.4, 0.5) is 0 Å². The minimum absolute atomic E-state index is 0.0596. The maximum atomic E-state index is 13.3. The summed E-state index contributed by atoms with van der Waals surface area (Å²) in [5, 5.41) is 1.04. The Morgan fingerprint density at radius 1 is 1.15 bits per heavy atom. The van der Waals surface area contributed by atoms with Gasteiger partial charge < -0.3 is 9.47 Å². The van der Waals surface area contributed by atoms with Gasteiger partial charge in [-0.05, 0) is 51.2 Å². The Morgan fingerprint density at radius 3 is 2.58 bits per heavy atom. The summed E-state index contributed by atoms with van der Waals surface area (Å²) < 4.78 is 2.34. The lowest BCUT2D eigenvalue weighted by Gasteiger charge is -2.16. The molecule has 3 rings (SSSR count). The number of ketones is 1. The Balaban J connectivity index is 2.15. The summed E-state index contributed by atoms with van der Waals surface area (Å²) in [6.07, 6.45) is 4.40. The second kappa shape index (κ2) is 7.83. The number of fused-ring (bicyclic) bond motifs is 1. The van der Waals surface area contributed by atoms with Crippen LogP contribution in [0.3, 0.4) is 0 Å². The minimum Gasteiger partial charge on any atom is -0.344 e. The van der Waals surface area contributed by atoms with Crippen LogP contribution in [0.2, 0.25) is 0 Å². The molecule has 0 aliphatic heterocycles. The number of nitrogens with zero attached hydrogens (tertiary/aromatic N) is 3. The number of aromatic nitrogens is 2. The molecular weight excluding hydrogens is 322 g/mol. The second-order valence-corrected chi connectivity index (χ2v) is 7.31. The van der Waals surface area contributed by atoms with Gasteiger partial charge in [-0.15, -0.1) is 0 Å².